The van der Waals surface area contributed by atoms with Gasteiger partial charge >= 0.3 is 0 Å². The number of nitrogens with zero attached hydrogens (tertiary/aromatic N) is 2. The summed E-state index contributed by atoms with van der Waals surface area (Å²) in [6.07, 6.45) is 3.93. The van der Waals surface area contributed by atoms with Gasteiger partial charge in [0, 0.05) is 20.1 Å². The predicted octanol–water partition coefficient (Wildman–Crippen LogP) is 3.12. The Bertz CT molecular complexity index is 416. The van der Waals surface area contributed by atoms with E-state index < -0.39 is 0 Å². The van der Waals surface area contributed by atoms with Crippen LogP contribution >= 0.6 is 35.3 Å². The van der Waals surface area contributed by atoms with Crippen molar-refractivity contribution >= 4 is 41.3 Å². The average Bonchev–Trinajstić information content (AvgIpc) is 3.19. The van der Waals surface area contributed by atoms with Gasteiger partial charge in [-0.15, -0.1) is 24.0 Å². The number of halogens is 1. The largest absolute Gasteiger partial charge is 0.356 e. The number of likely N-dealkylation sites (tertiary alicyclic amines) is 1. The van der Waals surface area contributed by atoms with Crippen LogP contribution in [0.3, 0.4) is 0 Å². The van der Waals surface area contributed by atoms with Crippen LogP contribution in [0.5, 0.6) is 0 Å². The van der Waals surface area contributed by atoms with E-state index in [4.69, 9.17) is 0 Å². The van der Waals surface area contributed by atoms with Crippen molar-refractivity contribution in [1.29, 1.82) is 0 Å². The molecule has 1 aliphatic heterocycles. The van der Waals surface area contributed by atoms with Crippen LogP contribution in [-0.2, 0) is 0 Å². The lowest BCUT2D eigenvalue weighted by atomic mass is 10.1. The lowest BCUT2D eigenvalue weighted by Crippen LogP contribution is -2.40. The molecule has 1 aromatic heterocycles. The Hall–Kier alpha value is -0.340. The van der Waals surface area contributed by atoms with Crippen LogP contribution < -0.4 is 10.6 Å². The minimum Gasteiger partial charge on any atom is -0.356 e. The van der Waals surface area contributed by atoms with Crippen LogP contribution in [0, 0.1) is 0 Å². The van der Waals surface area contributed by atoms with E-state index in [2.05, 4.69) is 44.3 Å². The molecular weight excluding hydrogens is 407 g/mol. The maximum atomic E-state index is 4.29. The summed E-state index contributed by atoms with van der Waals surface area (Å²) in [5, 5.41) is 11.2. The normalized spacial score (nSPS) is 17.1. The van der Waals surface area contributed by atoms with Gasteiger partial charge in [-0.25, -0.2) is 0 Å². The van der Waals surface area contributed by atoms with Gasteiger partial charge in [-0.2, -0.15) is 11.3 Å². The van der Waals surface area contributed by atoms with Crippen molar-refractivity contribution < 1.29 is 0 Å². The third-order valence-electron chi connectivity index (χ3n) is 4.05. The van der Waals surface area contributed by atoms with Crippen LogP contribution in [0.15, 0.2) is 21.8 Å². The summed E-state index contributed by atoms with van der Waals surface area (Å²) in [6.45, 7) is 7.92. The first-order valence-corrected chi connectivity index (χ1v) is 8.93. The molecule has 1 aromatic rings. The second-order valence-electron chi connectivity index (χ2n) is 5.74. The number of hydrogen-bond acceptors (Lipinski definition) is 3. The van der Waals surface area contributed by atoms with Gasteiger partial charge in [-0.05, 0) is 67.2 Å². The number of hydrogen-bond donors (Lipinski definition) is 2. The lowest BCUT2D eigenvalue weighted by Gasteiger charge is -2.17. The zero-order valence-corrected chi connectivity index (χ0v) is 16.8. The molecule has 126 valence electrons. The van der Waals surface area contributed by atoms with Crippen LogP contribution in [-0.4, -0.2) is 50.6 Å². The van der Waals surface area contributed by atoms with E-state index in [-0.39, 0.29) is 24.0 Å². The number of thiophene rings is 1. The summed E-state index contributed by atoms with van der Waals surface area (Å²) in [5.74, 6) is 1.43. The highest BCUT2D eigenvalue weighted by Gasteiger charge is 2.10. The Morgan fingerprint density at radius 3 is 2.77 bits per heavy atom. The van der Waals surface area contributed by atoms with Gasteiger partial charge < -0.3 is 15.5 Å². The minimum atomic E-state index is 0. The quantitative estimate of drug-likeness (QED) is 0.299. The summed E-state index contributed by atoms with van der Waals surface area (Å²) in [5.41, 5.74) is 1.40. The number of guanidine groups is 1. The van der Waals surface area contributed by atoms with E-state index in [1.807, 2.05) is 7.05 Å². The highest BCUT2D eigenvalue weighted by atomic mass is 127. The topological polar surface area (TPSA) is 39.7 Å². The Labute approximate surface area is 155 Å². The third kappa shape index (κ3) is 6.83. The van der Waals surface area contributed by atoms with Crippen molar-refractivity contribution in [3.05, 3.63) is 22.4 Å². The zero-order chi connectivity index (χ0) is 14.9. The molecule has 1 fully saturated rings. The molecule has 0 radical (unpaired) electrons. The fraction of sp³-hybridized carbons (Fsp3) is 0.688. The van der Waals surface area contributed by atoms with Crippen LogP contribution in [0.2, 0.25) is 0 Å². The summed E-state index contributed by atoms with van der Waals surface area (Å²) in [4.78, 5) is 6.85. The SMILES string of the molecule is CN=C(NCCCN1CCCC1)NCC(C)c1ccsc1.I. The first-order chi connectivity index (χ1) is 10.3. The fourth-order valence-electron chi connectivity index (χ4n) is 2.66. The van der Waals surface area contributed by atoms with Crippen molar-refractivity contribution in [2.24, 2.45) is 4.99 Å². The van der Waals surface area contributed by atoms with Gasteiger partial charge in [0.1, 0.15) is 0 Å². The van der Waals surface area contributed by atoms with Gasteiger partial charge in [0.15, 0.2) is 5.96 Å². The third-order valence-corrected chi connectivity index (χ3v) is 4.76. The summed E-state index contributed by atoms with van der Waals surface area (Å²) in [6, 6.07) is 2.20. The zero-order valence-electron chi connectivity index (χ0n) is 13.7. The van der Waals surface area contributed by atoms with E-state index >= 15 is 0 Å². The molecule has 2 heterocycles. The predicted molar refractivity (Wildman–Crippen MR) is 108 cm³/mol. The maximum Gasteiger partial charge on any atom is 0.190 e. The van der Waals surface area contributed by atoms with Gasteiger partial charge in [-0.3, -0.25) is 4.99 Å². The van der Waals surface area contributed by atoms with Crippen molar-refractivity contribution in [3.63, 3.8) is 0 Å². The van der Waals surface area contributed by atoms with Gasteiger partial charge in [0.05, 0.1) is 0 Å². The molecule has 6 heteroatoms. The maximum absolute atomic E-state index is 4.29. The fourth-order valence-corrected chi connectivity index (χ4v) is 3.44. The minimum absolute atomic E-state index is 0. The average molecular weight is 436 g/mol. The second-order valence-corrected chi connectivity index (χ2v) is 6.52. The van der Waals surface area contributed by atoms with Crippen LogP contribution in [0.25, 0.3) is 0 Å². The Balaban J connectivity index is 0.00000242. The van der Waals surface area contributed by atoms with E-state index in [0.717, 1.165) is 19.0 Å². The molecule has 0 spiro atoms. The molecule has 0 saturated carbocycles. The highest BCUT2D eigenvalue weighted by molar-refractivity contribution is 14.0. The number of rotatable bonds is 7. The molecule has 1 aliphatic rings. The summed E-state index contributed by atoms with van der Waals surface area (Å²) >= 11 is 1.76. The molecule has 2 N–H and O–H groups in total. The van der Waals surface area contributed by atoms with E-state index in [1.165, 1.54) is 44.5 Å². The van der Waals surface area contributed by atoms with Crippen molar-refractivity contribution in [2.45, 2.75) is 32.1 Å². The summed E-state index contributed by atoms with van der Waals surface area (Å²) < 4.78 is 0. The molecule has 0 amide bonds. The smallest absolute Gasteiger partial charge is 0.190 e. The molecule has 1 unspecified atom stereocenters. The molecule has 4 nitrogen and oxygen atoms in total. The highest BCUT2D eigenvalue weighted by Crippen LogP contribution is 2.16. The Kier molecular flexibility index (Phi) is 10.1. The van der Waals surface area contributed by atoms with E-state index in [1.54, 1.807) is 11.3 Å². The standard InChI is InChI=1S/C16H28N4S.HI/c1-14(15-6-11-21-13-15)12-19-16(17-2)18-7-5-10-20-8-3-4-9-20;/h6,11,13-14H,3-5,7-10,12H2,1-2H3,(H2,17,18,19);1H. The van der Waals surface area contributed by atoms with Gasteiger partial charge in [-0.1, -0.05) is 6.92 Å². The van der Waals surface area contributed by atoms with Crippen molar-refractivity contribution in [2.75, 3.05) is 39.8 Å². The van der Waals surface area contributed by atoms with Gasteiger partial charge in [0.25, 0.3) is 0 Å². The number of aliphatic imine (C=N–C) groups is 1. The Morgan fingerprint density at radius 1 is 1.36 bits per heavy atom. The number of nitrogens with one attached hydrogen (secondary N) is 2. The monoisotopic (exact) mass is 436 g/mol. The summed E-state index contributed by atoms with van der Waals surface area (Å²) in [7, 11) is 1.84. The first-order valence-electron chi connectivity index (χ1n) is 7.98. The second kappa shape index (κ2) is 11.2. The van der Waals surface area contributed by atoms with E-state index in [0.29, 0.717) is 5.92 Å². The van der Waals surface area contributed by atoms with E-state index in [9.17, 15) is 0 Å². The Morgan fingerprint density at radius 2 is 2.14 bits per heavy atom. The first kappa shape index (κ1) is 19.7. The molecule has 1 atom stereocenters. The van der Waals surface area contributed by atoms with Gasteiger partial charge in [0.2, 0.25) is 0 Å². The molecule has 0 aromatic carbocycles. The lowest BCUT2D eigenvalue weighted by molar-refractivity contribution is 0.334. The molecule has 2 rings (SSSR count). The molecule has 22 heavy (non-hydrogen) atoms. The molecule has 1 saturated heterocycles. The van der Waals surface area contributed by atoms with Crippen LogP contribution in [0.4, 0.5) is 0 Å². The van der Waals surface area contributed by atoms with Crippen LogP contribution in [0.1, 0.15) is 37.7 Å². The molecule has 0 bridgehead atoms. The van der Waals surface area contributed by atoms with Crippen molar-refractivity contribution in [3.8, 4) is 0 Å². The molecular formula is C16H29IN4S. The van der Waals surface area contributed by atoms with Crippen molar-refractivity contribution in [1.82, 2.24) is 15.5 Å². The molecule has 0 aliphatic carbocycles.